The third-order valence-corrected chi connectivity index (χ3v) is 8.57. The van der Waals surface area contributed by atoms with E-state index in [1.165, 1.54) is 16.8 Å². The summed E-state index contributed by atoms with van der Waals surface area (Å²) in [4.78, 5) is 7.05. The van der Waals surface area contributed by atoms with E-state index in [0.717, 1.165) is 67.4 Å². The lowest BCUT2D eigenvalue weighted by atomic mass is 9.84. The van der Waals surface area contributed by atoms with Gasteiger partial charge in [0.1, 0.15) is 11.6 Å². The zero-order valence-electron chi connectivity index (χ0n) is 26.5. The topological polar surface area (TPSA) is 46.0 Å². The molecule has 0 aromatic carbocycles. The van der Waals surface area contributed by atoms with E-state index in [4.69, 9.17) is 0 Å². The Labute approximate surface area is 248 Å². The molecule has 1 aliphatic heterocycles. The second kappa shape index (κ2) is 13.7. The van der Waals surface area contributed by atoms with Crippen molar-refractivity contribution in [2.45, 2.75) is 79.7 Å². The molecule has 0 saturated heterocycles. The van der Waals surface area contributed by atoms with Gasteiger partial charge in [0.2, 0.25) is 0 Å². The molecular formula is C36H49N5. The van der Waals surface area contributed by atoms with Gasteiger partial charge in [0, 0.05) is 43.4 Å². The van der Waals surface area contributed by atoms with Gasteiger partial charge in [-0.2, -0.15) is 5.10 Å². The molecule has 1 N–H and O–H groups in total. The standard InChI is InChI=1S/C32H43N5.C4H6/c1-21(2)32(9,37-27(8)34-26(7)35-37)18-23(4)25(6)33-19-28-11-10-12-29-15-16-36(20-30(29)14-13-28)31-17-22(3)24(31)5;1-3-4-2/h10-11,13,17,24,33H,1,3-4,6,12,14-16,18-20H2,2,5,7-9H3;1-2H3. The van der Waals surface area contributed by atoms with Crippen molar-refractivity contribution in [1.29, 1.82) is 0 Å². The third kappa shape index (κ3) is 7.50. The first-order valence-electron chi connectivity index (χ1n) is 14.6. The van der Waals surface area contributed by atoms with E-state index in [0.29, 0.717) is 12.3 Å². The van der Waals surface area contributed by atoms with E-state index in [2.05, 4.69) is 96.6 Å². The minimum absolute atomic E-state index is 0.415. The Kier molecular flexibility index (Phi) is 10.6. The molecule has 2 heterocycles. The van der Waals surface area contributed by atoms with Crippen LogP contribution < -0.4 is 5.32 Å². The highest BCUT2D eigenvalue weighted by molar-refractivity contribution is 5.41. The van der Waals surface area contributed by atoms with E-state index in [1.807, 2.05) is 39.3 Å². The normalized spacial score (nSPS) is 19.4. The average molecular weight is 552 g/mol. The summed E-state index contributed by atoms with van der Waals surface area (Å²) >= 11 is 0. The Balaban J connectivity index is 0.00000108. The molecule has 2 atom stereocenters. The smallest absolute Gasteiger partial charge is 0.147 e. The highest BCUT2D eigenvalue weighted by atomic mass is 15.4. The van der Waals surface area contributed by atoms with Gasteiger partial charge in [0.15, 0.2) is 0 Å². The number of nitrogens with one attached hydrogen (secondary N) is 1. The predicted octanol–water partition coefficient (Wildman–Crippen LogP) is 7.63. The number of nitrogens with zero attached hydrogens (tertiary/aromatic N) is 4. The summed E-state index contributed by atoms with van der Waals surface area (Å²) in [5.41, 5.74) is 9.57. The van der Waals surface area contributed by atoms with Gasteiger partial charge < -0.3 is 10.2 Å². The second-order valence-corrected chi connectivity index (χ2v) is 11.6. The van der Waals surface area contributed by atoms with Crippen molar-refractivity contribution in [2.75, 3.05) is 19.6 Å². The minimum Gasteiger partial charge on any atom is -0.381 e. The summed E-state index contributed by atoms with van der Waals surface area (Å²) in [5, 5.41) is 8.17. The van der Waals surface area contributed by atoms with Crippen LogP contribution in [0.5, 0.6) is 0 Å². The molecule has 0 spiro atoms. The molecule has 0 radical (unpaired) electrons. The summed E-state index contributed by atoms with van der Waals surface area (Å²) in [6, 6.07) is 0. The van der Waals surface area contributed by atoms with Crippen LogP contribution in [0.15, 0.2) is 95.5 Å². The van der Waals surface area contributed by atoms with Crippen molar-refractivity contribution in [3.05, 3.63) is 107 Å². The van der Waals surface area contributed by atoms with Crippen LogP contribution in [0, 0.1) is 31.6 Å². The number of rotatable bonds is 9. The summed E-state index contributed by atoms with van der Waals surface area (Å²) in [7, 11) is 0. The van der Waals surface area contributed by atoms with E-state index < -0.39 is 5.54 Å². The first-order chi connectivity index (χ1) is 19.4. The molecule has 4 rings (SSSR count). The second-order valence-electron chi connectivity index (χ2n) is 11.6. The first-order valence-corrected chi connectivity index (χ1v) is 14.6. The molecule has 0 saturated carbocycles. The molecule has 0 bridgehead atoms. The Morgan fingerprint density at radius 3 is 2.41 bits per heavy atom. The fourth-order valence-electron chi connectivity index (χ4n) is 5.50. The maximum Gasteiger partial charge on any atom is 0.147 e. The Morgan fingerprint density at radius 1 is 1.15 bits per heavy atom. The number of hydrogen-bond acceptors (Lipinski definition) is 4. The molecule has 1 aromatic rings. The van der Waals surface area contributed by atoms with Crippen LogP contribution in [0.1, 0.15) is 72.0 Å². The highest BCUT2D eigenvalue weighted by Gasteiger charge is 2.32. The molecular weight excluding hydrogens is 502 g/mol. The first kappa shape index (κ1) is 31.7. The zero-order valence-corrected chi connectivity index (χ0v) is 26.5. The number of hydrogen-bond donors (Lipinski definition) is 1. The van der Waals surface area contributed by atoms with Crippen LogP contribution in [-0.4, -0.2) is 39.3 Å². The summed E-state index contributed by atoms with van der Waals surface area (Å²) in [5.74, 6) is 7.50. The SMILES string of the molecule is C=C(CC(C)(C(=C)C)n1nc(C)nc1C)C(=C)NCC1=CCC2=C(CC=C1)CCN(C1=CC(=C)C1C)C2.CC#CC. The fourth-order valence-corrected chi connectivity index (χ4v) is 5.50. The quantitative estimate of drug-likeness (QED) is 0.195. The van der Waals surface area contributed by atoms with Crippen LogP contribution in [0.3, 0.4) is 0 Å². The molecule has 5 nitrogen and oxygen atoms in total. The van der Waals surface area contributed by atoms with Gasteiger partial charge in [-0.15, -0.1) is 11.8 Å². The predicted molar refractivity (Wildman–Crippen MR) is 174 cm³/mol. The van der Waals surface area contributed by atoms with Crippen molar-refractivity contribution in [1.82, 2.24) is 25.0 Å². The van der Waals surface area contributed by atoms with E-state index >= 15 is 0 Å². The Morgan fingerprint density at radius 2 is 1.85 bits per heavy atom. The van der Waals surface area contributed by atoms with Gasteiger partial charge in [-0.1, -0.05) is 62.6 Å². The van der Waals surface area contributed by atoms with E-state index in [1.54, 1.807) is 11.1 Å². The number of allylic oxidation sites excluding steroid dienone is 6. The van der Waals surface area contributed by atoms with Gasteiger partial charge in [-0.3, -0.25) is 0 Å². The van der Waals surface area contributed by atoms with Gasteiger partial charge in [0.25, 0.3) is 0 Å². The van der Waals surface area contributed by atoms with Crippen LogP contribution in [0.25, 0.3) is 0 Å². The highest BCUT2D eigenvalue weighted by Crippen LogP contribution is 2.37. The molecule has 1 aromatic heterocycles. The van der Waals surface area contributed by atoms with E-state index in [9.17, 15) is 0 Å². The van der Waals surface area contributed by atoms with E-state index in [-0.39, 0.29) is 0 Å². The lowest BCUT2D eigenvalue weighted by molar-refractivity contribution is 0.313. The minimum atomic E-state index is -0.415. The third-order valence-electron chi connectivity index (χ3n) is 8.57. The van der Waals surface area contributed by atoms with Crippen molar-refractivity contribution in [3.8, 4) is 11.8 Å². The monoisotopic (exact) mass is 551 g/mol. The fraction of sp³-hybridized carbons (Fsp3) is 0.444. The maximum atomic E-state index is 4.64. The average Bonchev–Trinajstić information content (AvgIpc) is 3.29. The maximum absolute atomic E-state index is 4.64. The van der Waals surface area contributed by atoms with Gasteiger partial charge in [0.05, 0.1) is 5.54 Å². The largest absolute Gasteiger partial charge is 0.381 e. The van der Waals surface area contributed by atoms with Crippen molar-refractivity contribution in [3.63, 3.8) is 0 Å². The van der Waals surface area contributed by atoms with Gasteiger partial charge >= 0.3 is 0 Å². The number of aromatic nitrogens is 3. The van der Waals surface area contributed by atoms with Crippen molar-refractivity contribution < 1.29 is 0 Å². The summed E-state index contributed by atoms with van der Waals surface area (Å²) in [6.45, 7) is 33.9. The van der Waals surface area contributed by atoms with Gasteiger partial charge in [-0.05, 0) is 89.2 Å². The van der Waals surface area contributed by atoms with Crippen molar-refractivity contribution in [2.24, 2.45) is 5.92 Å². The molecule has 0 fully saturated rings. The molecule has 2 unspecified atom stereocenters. The summed E-state index contributed by atoms with van der Waals surface area (Å²) < 4.78 is 1.97. The van der Waals surface area contributed by atoms with Crippen LogP contribution in [0.2, 0.25) is 0 Å². The molecule has 5 heteroatoms. The van der Waals surface area contributed by atoms with Gasteiger partial charge in [-0.25, -0.2) is 9.67 Å². The lowest BCUT2D eigenvalue weighted by Gasteiger charge is -2.41. The zero-order chi connectivity index (χ0) is 30.3. The number of aryl methyl sites for hydroxylation is 2. The molecule has 218 valence electrons. The van der Waals surface area contributed by atoms with Crippen LogP contribution >= 0.6 is 0 Å². The Hall–Kier alpha value is -3.78. The molecule has 2 aliphatic carbocycles. The lowest BCUT2D eigenvalue weighted by Crippen LogP contribution is -2.37. The summed E-state index contributed by atoms with van der Waals surface area (Å²) in [6.07, 6.45) is 13.1. The molecule has 3 aliphatic rings. The molecule has 0 amide bonds. The van der Waals surface area contributed by atoms with Crippen molar-refractivity contribution >= 4 is 0 Å². The van der Waals surface area contributed by atoms with Crippen LogP contribution in [-0.2, 0) is 5.54 Å². The Bertz CT molecular complexity index is 1390. The van der Waals surface area contributed by atoms with Crippen LogP contribution in [0.4, 0.5) is 0 Å². The molecule has 41 heavy (non-hydrogen) atoms.